The van der Waals surface area contributed by atoms with Crippen molar-refractivity contribution in [2.75, 3.05) is 7.11 Å². The fourth-order valence-electron chi connectivity index (χ4n) is 0.999. The highest BCUT2D eigenvalue weighted by atomic mass is 16.5. The van der Waals surface area contributed by atoms with Crippen LogP contribution in [0.2, 0.25) is 0 Å². The van der Waals surface area contributed by atoms with E-state index in [2.05, 4.69) is 9.72 Å². The molecule has 0 amide bonds. The molecule has 0 fully saturated rings. The molecule has 1 rings (SSSR count). The van der Waals surface area contributed by atoms with Gasteiger partial charge in [-0.15, -0.1) is 0 Å². The summed E-state index contributed by atoms with van der Waals surface area (Å²) in [5.41, 5.74) is 0.374. The summed E-state index contributed by atoms with van der Waals surface area (Å²) in [5, 5.41) is 0. The van der Waals surface area contributed by atoms with Gasteiger partial charge in [0.15, 0.2) is 0 Å². The van der Waals surface area contributed by atoms with Crippen molar-refractivity contribution in [1.29, 1.82) is 0 Å². The van der Waals surface area contributed by atoms with Gasteiger partial charge in [-0.25, -0.2) is 9.78 Å². The first-order valence-corrected chi connectivity index (χ1v) is 4.42. The van der Waals surface area contributed by atoms with E-state index in [1.54, 1.807) is 6.92 Å². The van der Waals surface area contributed by atoms with E-state index in [1.165, 1.54) is 7.11 Å². The number of rotatable bonds is 1. The first kappa shape index (κ1) is 10.8. The molecule has 4 nitrogen and oxygen atoms in total. The lowest BCUT2D eigenvalue weighted by Crippen LogP contribution is -2.11. The first-order chi connectivity index (χ1) is 6.36. The molecule has 0 N–H and O–H groups in total. The van der Waals surface area contributed by atoms with E-state index in [9.17, 15) is 4.79 Å². The van der Waals surface area contributed by atoms with Gasteiger partial charge in [-0.3, -0.25) is 0 Å². The Bertz CT molecular complexity index is 347. The largest absolute Gasteiger partial charge is 0.463 e. The fourth-order valence-corrected chi connectivity index (χ4v) is 0.999. The van der Waals surface area contributed by atoms with Gasteiger partial charge in [0.25, 0.3) is 0 Å². The summed E-state index contributed by atoms with van der Waals surface area (Å²) >= 11 is 0. The van der Waals surface area contributed by atoms with Crippen LogP contribution in [-0.4, -0.2) is 18.1 Å². The average Bonchev–Trinajstić information content (AvgIpc) is 2.45. The second-order valence-corrected chi connectivity index (χ2v) is 4.18. The molecule has 0 unspecified atom stereocenters. The summed E-state index contributed by atoms with van der Waals surface area (Å²) in [4.78, 5) is 15.4. The minimum Gasteiger partial charge on any atom is -0.463 e. The zero-order valence-electron chi connectivity index (χ0n) is 9.17. The number of carbonyl (C=O) groups excluding carboxylic acids is 1. The number of hydrogen-bond donors (Lipinski definition) is 0. The van der Waals surface area contributed by atoms with Crippen molar-refractivity contribution in [3.05, 3.63) is 17.3 Å². The van der Waals surface area contributed by atoms with E-state index in [0.29, 0.717) is 11.6 Å². The standard InChI is InChI=1S/C10H15NO3/c1-6-7(8(12)13-5)14-9(11-6)10(2,3)4/h1-5H3. The Morgan fingerprint density at radius 3 is 2.36 bits per heavy atom. The fraction of sp³-hybridized carbons (Fsp3) is 0.600. The number of ether oxygens (including phenoxy) is 1. The van der Waals surface area contributed by atoms with Crippen molar-refractivity contribution < 1.29 is 13.9 Å². The predicted octanol–water partition coefficient (Wildman–Crippen LogP) is 2.07. The zero-order valence-corrected chi connectivity index (χ0v) is 9.17. The van der Waals surface area contributed by atoms with Gasteiger partial charge in [-0.05, 0) is 6.92 Å². The number of aryl methyl sites for hydroxylation is 1. The lowest BCUT2D eigenvalue weighted by Gasteiger charge is -2.11. The Hall–Kier alpha value is -1.32. The van der Waals surface area contributed by atoms with Crippen molar-refractivity contribution in [2.24, 2.45) is 0 Å². The maximum atomic E-state index is 11.2. The molecule has 0 saturated carbocycles. The van der Waals surface area contributed by atoms with Crippen LogP contribution >= 0.6 is 0 Å². The highest BCUT2D eigenvalue weighted by Crippen LogP contribution is 2.23. The molecule has 1 heterocycles. The number of oxazole rings is 1. The molecular formula is C10H15NO3. The molecule has 14 heavy (non-hydrogen) atoms. The van der Waals surface area contributed by atoms with E-state index in [1.807, 2.05) is 20.8 Å². The van der Waals surface area contributed by atoms with E-state index in [4.69, 9.17) is 4.42 Å². The summed E-state index contributed by atoms with van der Waals surface area (Å²) in [6.07, 6.45) is 0. The van der Waals surface area contributed by atoms with Crippen molar-refractivity contribution in [2.45, 2.75) is 33.1 Å². The molecule has 0 saturated heterocycles. The van der Waals surface area contributed by atoms with Crippen LogP contribution in [0.3, 0.4) is 0 Å². The van der Waals surface area contributed by atoms with Crippen LogP contribution in [0.1, 0.15) is 42.9 Å². The third kappa shape index (κ3) is 1.95. The van der Waals surface area contributed by atoms with Gasteiger partial charge in [-0.1, -0.05) is 20.8 Å². The molecule has 1 aromatic rings. The molecule has 0 bridgehead atoms. The SMILES string of the molecule is COC(=O)c1oc(C(C)(C)C)nc1C. The molecule has 78 valence electrons. The number of aromatic nitrogens is 1. The highest BCUT2D eigenvalue weighted by Gasteiger charge is 2.25. The Kier molecular flexibility index (Phi) is 2.64. The van der Waals surface area contributed by atoms with E-state index in [0.717, 1.165) is 0 Å². The van der Waals surface area contributed by atoms with Crippen LogP contribution in [0, 0.1) is 6.92 Å². The third-order valence-electron chi connectivity index (χ3n) is 1.81. The Labute approximate surface area is 83.3 Å². The molecule has 1 aromatic heterocycles. The van der Waals surface area contributed by atoms with Gasteiger partial charge < -0.3 is 9.15 Å². The Morgan fingerprint density at radius 2 is 2.00 bits per heavy atom. The topological polar surface area (TPSA) is 52.3 Å². The Morgan fingerprint density at radius 1 is 1.43 bits per heavy atom. The summed E-state index contributed by atoms with van der Waals surface area (Å²) in [6.45, 7) is 7.64. The minimum atomic E-state index is -0.481. The summed E-state index contributed by atoms with van der Waals surface area (Å²) in [6, 6.07) is 0. The first-order valence-electron chi connectivity index (χ1n) is 4.42. The number of hydrogen-bond acceptors (Lipinski definition) is 4. The van der Waals surface area contributed by atoms with Crippen LogP contribution in [0.4, 0.5) is 0 Å². The molecule has 0 aliphatic rings. The van der Waals surface area contributed by atoms with Gasteiger partial charge in [0.05, 0.1) is 12.8 Å². The molecule has 0 aliphatic heterocycles. The molecule has 0 radical (unpaired) electrons. The van der Waals surface area contributed by atoms with E-state index < -0.39 is 5.97 Å². The van der Waals surface area contributed by atoms with E-state index >= 15 is 0 Å². The van der Waals surface area contributed by atoms with Gasteiger partial charge in [0.2, 0.25) is 11.7 Å². The molecule has 4 heteroatoms. The predicted molar refractivity (Wildman–Crippen MR) is 51.3 cm³/mol. The maximum Gasteiger partial charge on any atom is 0.375 e. The lowest BCUT2D eigenvalue weighted by atomic mass is 9.97. The Balaban J connectivity index is 3.12. The normalized spacial score (nSPS) is 11.5. The van der Waals surface area contributed by atoms with Crippen LogP contribution in [0.15, 0.2) is 4.42 Å². The maximum absolute atomic E-state index is 11.2. The van der Waals surface area contributed by atoms with Crippen LogP contribution < -0.4 is 0 Å². The monoisotopic (exact) mass is 197 g/mol. The smallest absolute Gasteiger partial charge is 0.375 e. The van der Waals surface area contributed by atoms with Crippen LogP contribution in [0.25, 0.3) is 0 Å². The van der Waals surface area contributed by atoms with Gasteiger partial charge in [-0.2, -0.15) is 0 Å². The second-order valence-electron chi connectivity index (χ2n) is 4.18. The average molecular weight is 197 g/mol. The highest BCUT2D eigenvalue weighted by molar-refractivity contribution is 5.87. The zero-order chi connectivity index (χ0) is 10.9. The van der Waals surface area contributed by atoms with Crippen molar-refractivity contribution in [1.82, 2.24) is 4.98 Å². The lowest BCUT2D eigenvalue weighted by molar-refractivity contribution is 0.0560. The quantitative estimate of drug-likeness (QED) is 0.647. The van der Waals surface area contributed by atoms with Gasteiger partial charge >= 0.3 is 5.97 Å². The van der Waals surface area contributed by atoms with Gasteiger partial charge in [0.1, 0.15) is 0 Å². The molecule has 0 aromatic carbocycles. The number of nitrogens with zero attached hydrogens (tertiary/aromatic N) is 1. The van der Waals surface area contributed by atoms with Gasteiger partial charge in [0, 0.05) is 5.41 Å². The molecular weight excluding hydrogens is 182 g/mol. The van der Waals surface area contributed by atoms with Crippen molar-refractivity contribution in [3.8, 4) is 0 Å². The van der Waals surface area contributed by atoms with Crippen LogP contribution in [0.5, 0.6) is 0 Å². The summed E-state index contributed by atoms with van der Waals surface area (Å²) < 4.78 is 9.92. The number of methoxy groups -OCH3 is 1. The number of carbonyl (C=O) groups is 1. The van der Waals surface area contributed by atoms with E-state index in [-0.39, 0.29) is 11.2 Å². The molecule has 0 aliphatic carbocycles. The minimum absolute atomic E-state index is 0.192. The van der Waals surface area contributed by atoms with Crippen LogP contribution in [-0.2, 0) is 10.2 Å². The van der Waals surface area contributed by atoms with Crippen molar-refractivity contribution >= 4 is 5.97 Å². The van der Waals surface area contributed by atoms with Crippen molar-refractivity contribution in [3.63, 3.8) is 0 Å². The molecule has 0 spiro atoms. The summed E-state index contributed by atoms with van der Waals surface area (Å²) in [7, 11) is 1.32. The molecule has 0 atom stereocenters. The summed E-state index contributed by atoms with van der Waals surface area (Å²) in [5.74, 6) is 0.262. The third-order valence-corrected chi connectivity index (χ3v) is 1.81. The second kappa shape index (κ2) is 3.44. The number of esters is 1.